The van der Waals surface area contributed by atoms with Crippen molar-refractivity contribution in [2.45, 2.75) is 52.9 Å². The van der Waals surface area contributed by atoms with Gasteiger partial charge in [-0.3, -0.25) is 9.79 Å². The molecule has 0 radical (unpaired) electrons. The Morgan fingerprint density at radius 2 is 1.73 bits per heavy atom. The van der Waals surface area contributed by atoms with Gasteiger partial charge in [0.25, 0.3) is 0 Å². The first-order chi connectivity index (χ1) is 12.0. The van der Waals surface area contributed by atoms with Crippen molar-refractivity contribution >= 4 is 35.8 Å². The van der Waals surface area contributed by atoms with Gasteiger partial charge in [0.2, 0.25) is 5.91 Å². The van der Waals surface area contributed by atoms with E-state index in [2.05, 4.69) is 36.3 Å². The van der Waals surface area contributed by atoms with Gasteiger partial charge in [-0.2, -0.15) is 0 Å². The van der Waals surface area contributed by atoms with Gasteiger partial charge in [-0.1, -0.05) is 26.7 Å². The average Bonchev–Trinajstić information content (AvgIpc) is 3.08. The van der Waals surface area contributed by atoms with Crippen molar-refractivity contribution in [3.63, 3.8) is 0 Å². The Morgan fingerprint density at radius 3 is 2.23 bits per heavy atom. The van der Waals surface area contributed by atoms with Crippen LogP contribution in [0.5, 0.6) is 0 Å². The van der Waals surface area contributed by atoms with Gasteiger partial charge < -0.3 is 20.4 Å². The molecule has 0 spiro atoms. The number of rotatable bonds is 10. The quantitative estimate of drug-likeness (QED) is 0.286. The molecule has 0 aromatic heterocycles. The van der Waals surface area contributed by atoms with Crippen LogP contribution in [0.15, 0.2) is 4.99 Å². The molecule has 1 saturated carbocycles. The normalized spacial score (nSPS) is 16.3. The molecule has 0 aromatic carbocycles. The van der Waals surface area contributed by atoms with Gasteiger partial charge in [-0.25, -0.2) is 0 Å². The molecule has 154 valence electrons. The van der Waals surface area contributed by atoms with Crippen molar-refractivity contribution in [3.05, 3.63) is 0 Å². The molecule has 1 amide bonds. The third kappa shape index (κ3) is 7.98. The van der Waals surface area contributed by atoms with Gasteiger partial charge in [0.05, 0.1) is 12.0 Å². The van der Waals surface area contributed by atoms with E-state index in [1.165, 1.54) is 6.42 Å². The number of halogens is 1. The highest BCUT2D eigenvalue weighted by molar-refractivity contribution is 14.0. The third-order valence-corrected chi connectivity index (χ3v) is 5.01. The number of carbonyl (C=O) groups is 1. The van der Waals surface area contributed by atoms with E-state index in [0.29, 0.717) is 6.54 Å². The van der Waals surface area contributed by atoms with Crippen molar-refractivity contribution in [2.75, 3.05) is 53.4 Å². The van der Waals surface area contributed by atoms with Crippen LogP contribution >= 0.6 is 24.0 Å². The van der Waals surface area contributed by atoms with Crippen LogP contribution in [0.4, 0.5) is 0 Å². The molecule has 26 heavy (non-hydrogen) atoms. The molecule has 6 nitrogen and oxygen atoms in total. The lowest BCUT2D eigenvalue weighted by molar-refractivity contribution is -0.138. The molecule has 2 N–H and O–H groups in total. The Balaban J connectivity index is 0.00000625. The molecule has 1 fully saturated rings. The van der Waals surface area contributed by atoms with E-state index >= 15 is 0 Å². The second-order valence-corrected chi connectivity index (χ2v) is 7.24. The summed E-state index contributed by atoms with van der Waals surface area (Å²) in [4.78, 5) is 21.6. The zero-order valence-corrected chi connectivity index (χ0v) is 19.8. The van der Waals surface area contributed by atoms with Crippen LogP contribution in [0, 0.1) is 5.41 Å². The number of amides is 1. The van der Waals surface area contributed by atoms with Gasteiger partial charge in [0.15, 0.2) is 5.96 Å². The maximum absolute atomic E-state index is 12.7. The van der Waals surface area contributed by atoms with Crippen LogP contribution in [-0.2, 0) is 4.79 Å². The first kappa shape index (κ1) is 25.4. The number of hydrogen-bond donors (Lipinski definition) is 2. The summed E-state index contributed by atoms with van der Waals surface area (Å²) in [5.74, 6) is 1.05. The fraction of sp³-hybridized carbons (Fsp3) is 0.895. The Bertz CT molecular complexity index is 422. The Labute approximate surface area is 177 Å². The largest absolute Gasteiger partial charge is 0.357 e. The van der Waals surface area contributed by atoms with Crippen LogP contribution in [0.2, 0.25) is 0 Å². The average molecular weight is 481 g/mol. The summed E-state index contributed by atoms with van der Waals surface area (Å²) in [6.45, 7) is 12.0. The summed E-state index contributed by atoms with van der Waals surface area (Å²) in [6, 6.07) is 0. The van der Waals surface area contributed by atoms with Gasteiger partial charge in [0.1, 0.15) is 0 Å². The standard InChI is InChI=1S/C19H39N5O.HI/c1-6-14-24(8-3)15-13-21-18(20-7-2)22-16-19(11-9-10-12-19)17(25)23(4)5;/h6-16H2,1-5H3,(H2,20,21,22);1H. The number of nitrogens with one attached hydrogen (secondary N) is 2. The molecular weight excluding hydrogens is 441 g/mol. The molecule has 1 aliphatic carbocycles. The summed E-state index contributed by atoms with van der Waals surface area (Å²) in [5.41, 5.74) is -0.302. The molecule has 0 heterocycles. The lowest BCUT2D eigenvalue weighted by Gasteiger charge is -2.29. The molecule has 0 saturated heterocycles. The minimum absolute atomic E-state index is 0. The van der Waals surface area contributed by atoms with E-state index < -0.39 is 0 Å². The maximum Gasteiger partial charge on any atom is 0.230 e. The van der Waals surface area contributed by atoms with Gasteiger partial charge >= 0.3 is 0 Å². The van der Waals surface area contributed by atoms with E-state index in [0.717, 1.165) is 64.4 Å². The van der Waals surface area contributed by atoms with Crippen molar-refractivity contribution in [1.29, 1.82) is 0 Å². The lowest BCUT2D eigenvalue weighted by Crippen LogP contribution is -2.44. The number of hydrogen-bond acceptors (Lipinski definition) is 3. The van der Waals surface area contributed by atoms with Crippen LogP contribution in [0.25, 0.3) is 0 Å². The summed E-state index contributed by atoms with van der Waals surface area (Å²) >= 11 is 0. The van der Waals surface area contributed by atoms with Crippen LogP contribution in [0.1, 0.15) is 52.9 Å². The predicted octanol–water partition coefficient (Wildman–Crippen LogP) is 2.54. The van der Waals surface area contributed by atoms with E-state index in [4.69, 9.17) is 4.99 Å². The fourth-order valence-electron chi connectivity index (χ4n) is 3.61. The summed E-state index contributed by atoms with van der Waals surface area (Å²) in [6.07, 6.45) is 5.33. The smallest absolute Gasteiger partial charge is 0.230 e. The SMILES string of the molecule is CCCN(CC)CCNC(=NCC1(C(=O)N(C)C)CCCC1)NCC.I. The third-order valence-electron chi connectivity index (χ3n) is 5.01. The Morgan fingerprint density at radius 1 is 1.08 bits per heavy atom. The first-order valence-corrected chi connectivity index (χ1v) is 9.95. The second kappa shape index (κ2) is 13.6. The van der Waals surface area contributed by atoms with Crippen LogP contribution in [-0.4, -0.2) is 75.0 Å². The minimum atomic E-state index is -0.302. The highest BCUT2D eigenvalue weighted by Gasteiger charge is 2.41. The molecule has 0 aromatic rings. The van der Waals surface area contributed by atoms with Crippen molar-refractivity contribution in [2.24, 2.45) is 10.4 Å². The minimum Gasteiger partial charge on any atom is -0.357 e. The molecule has 0 aliphatic heterocycles. The Hall–Kier alpha value is -0.570. The zero-order valence-electron chi connectivity index (χ0n) is 17.4. The van der Waals surface area contributed by atoms with E-state index in [9.17, 15) is 4.79 Å². The summed E-state index contributed by atoms with van der Waals surface area (Å²) in [5, 5.41) is 6.74. The van der Waals surface area contributed by atoms with Crippen LogP contribution < -0.4 is 10.6 Å². The number of likely N-dealkylation sites (N-methyl/N-ethyl adjacent to an activating group) is 1. The zero-order chi connectivity index (χ0) is 18.7. The highest BCUT2D eigenvalue weighted by atomic mass is 127. The Kier molecular flexibility index (Phi) is 13.3. The first-order valence-electron chi connectivity index (χ1n) is 9.95. The van der Waals surface area contributed by atoms with Gasteiger partial charge in [-0.15, -0.1) is 24.0 Å². The summed E-state index contributed by atoms with van der Waals surface area (Å²) in [7, 11) is 3.70. The van der Waals surface area contributed by atoms with Crippen molar-refractivity contribution in [1.82, 2.24) is 20.4 Å². The monoisotopic (exact) mass is 481 g/mol. The number of carbonyl (C=O) groups excluding carboxylic acids is 1. The second-order valence-electron chi connectivity index (χ2n) is 7.24. The molecule has 1 aliphatic rings. The predicted molar refractivity (Wildman–Crippen MR) is 121 cm³/mol. The van der Waals surface area contributed by atoms with E-state index in [1.54, 1.807) is 4.90 Å². The van der Waals surface area contributed by atoms with Crippen molar-refractivity contribution in [3.8, 4) is 0 Å². The molecule has 0 unspecified atom stereocenters. The molecule has 1 rings (SSSR count). The number of aliphatic imine (C=N–C) groups is 1. The number of guanidine groups is 1. The highest BCUT2D eigenvalue weighted by Crippen LogP contribution is 2.39. The van der Waals surface area contributed by atoms with E-state index in [1.807, 2.05) is 14.1 Å². The number of nitrogens with zero attached hydrogens (tertiary/aromatic N) is 3. The fourth-order valence-corrected chi connectivity index (χ4v) is 3.61. The molecular formula is C19H40IN5O. The van der Waals surface area contributed by atoms with E-state index in [-0.39, 0.29) is 35.3 Å². The van der Waals surface area contributed by atoms with Crippen molar-refractivity contribution < 1.29 is 4.79 Å². The van der Waals surface area contributed by atoms with Gasteiger partial charge in [0, 0.05) is 33.7 Å². The lowest BCUT2D eigenvalue weighted by atomic mass is 9.85. The molecule has 7 heteroatoms. The summed E-state index contributed by atoms with van der Waals surface area (Å²) < 4.78 is 0. The van der Waals surface area contributed by atoms with Crippen LogP contribution in [0.3, 0.4) is 0 Å². The van der Waals surface area contributed by atoms with Gasteiger partial charge in [-0.05, 0) is 39.3 Å². The molecule has 0 bridgehead atoms. The topological polar surface area (TPSA) is 60.0 Å². The maximum atomic E-state index is 12.7. The molecule has 0 atom stereocenters.